The van der Waals surface area contributed by atoms with E-state index >= 15 is 4.39 Å². The molecule has 2 fully saturated rings. The van der Waals surface area contributed by atoms with Gasteiger partial charge in [0.05, 0.1) is 62.7 Å². The number of hydrogen-bond donors (Lipinski definition) is 5. The van der Waals surface area contributed by atoms with Crippen LogP contribution >= 0.6 is 22.7 Å². The third-order valence-corrected chi connectivity index (χ3v) is 15.6. The number of β-amino-alcohol motifs (C(OH)–C–C–N with tert-alkyl or cyclic N) is 2. The molecule has 3 aliphatic rings. The molecule has 0 aliphatic carbocycles. The largest absolute Gasteiger partial charge is 0.493 e. The third-order valence-electron chi connectivity index (χ3n) is 13.7. The Morgan fingerprint density at radius 1 is 0.887 bits per heavy atom. The van der Waals surface area contributed by atoms with Crippen LogP contribution in [-0.2, 0) is 42.6 Å². The summed E-state index contributed by atoms with van der Waals surface area (Å²) < 4.78 is 29.6. The molecule has 71 heavy (non-hydrogen) atoms. The summed E-state index contributed by atoms with van der Waals surface area (Å²) in [6.45, 7) is 12.2. The van der Waals surface area contributed by atoms with Crippen molar-refractivity contribution < 1.29 is 47.8 Å². The second-order valence-electron chi connectivity index (χ2n) is 20.0. The number of aliphatic hydroxyl groups is 2. The number of aromatic nitrogens is 3. The number of carbonyl (C=O) groups is 5. The zero-order valence-corrected chi connectivity index (χ0v) is 42.5. The van der Waals surface area contributed by atoms with Crippen molar-refractivity contribution in [2.75, 3.05) is 19.7 Å². The summed E-state index contributed by atoms with van der Waals surface area (Å²) in [7, 11) is 0. The van der Waals surface area contributed by atoms with Crippen LogP contribution in [0.4, 0.5) is 4.39 Å². The van der Waals surface area contributed by atoms with Crippen LogP contribution in [-0.4, -0.2) is 115 Å². The quantitative estimate of drug-likeness (QED) is 0.0851. The topological polar surface area (TPSA) is 229 Å². The molecule has 8 atom stereocenters. The standard InChI is InChI=1S/C51H61FN8O9S2/c1-27(51(52,42-18-28(2)58-69-42)49(67)60-24-35(63)20-39(60)46(64)53-22-31-9-11-32(12-10-31)43-29(3)54-25-70-43)8-15-38-44(71-26-55-38)33-13-14-36-37(16-17-68-41(36)19-33)57-47(65)40-21-34(62)23-59(40)48(66)45(50(5,6)7)56-30(4)61/h9-14,18-19,25-27,34-35,37,39-40,45,62-63H,8,15-17,20-24H2,1-7H3,(H,53,64)(H,56,61)(H,57,65)/t27?,34-,35-,37+,39+,40+,45-,51-/m1/s1. The van der Waals surface area contributed by atoms with Crippen molar-refractivity contribution in [1.29, 1.82) is 0 Å². The van der Waals surface area contributed by atoms with Crippen LogP contribution in [0.2, 0.25) is 0 Å². The molecule has 378 valence electrons. The minimum absolute atomic E-state index is 0.0386. The van der Waals surface area contributed by atoms with Gasteiger partial charge >= 0.3 is 0 Å². The maximum atomic E-state index is 18.0. The normalized spacial score (nSPS) is 21.7. The number of nitrogens with one attached hydrogen (secondary N) is 3. The maximum Gasteiger partial charge on any atom is 0.269 e. The van der Waals surface area contributed by atoms with Gasteiger partial charge in [0.25, 0.3) is 11.6 Å². The minimum Gasteiger partial charge on any atom is -0.493 e. The first-order valence-electron chi connectivity index (χ1n) is 23.9. The van der Waals surface area contributed by atoms with Gasteiger partial charge in [0.2, 0.25) is 23.6 Å². The van der Waals surface area contributed by atoms with Crippen LogP contribution in [0.25, 0.3) is 20.9 Å². The van der Waals surface area contributed by atoms with Gasteiger partial charge in [-0.1, -0.05) is 69.2 Å². The van der Waals surface area contributed by atoms with Crippen LogP contribution in [0, 0.1) is 25.2 Å². The highest BCUT2D eigenvalue weighted by Gasteiger charge is 2.55. The smallest absolute Gasteiger partial charge is 0.269 e. The first-order chi connectivity index (χ1) is 33.7. The summed E-state index contributed by atoms with van der Waals surface area (Å²) in [5.74, 6) is -3.51. The van der Waals surface area contributed by atoms with Gasteiger partial charge in [0, 0.05) is 63.4 Å². The first kappa shape index (κ1) is 51.3. The Bertz CT molecular complexity index is 2770. The van der Waals surface area contributed by atoms with E-state index in [0.29, 0.717) is 30.2 Å². The van der Waals surface area contributed by atoms with Crippen molar-refractivity contribution in [2.24, 2.45) is 11.3 Å². The van der Waals surface area contributed by atoms with Gasteiger partial charge in [-0.05, 0) is 54.9 Å². The molecule has 2 aromatic carbocycles. The summed E-state index contributed by atoms with van der Waals surface area (Å²) in [6.07, 6.45) is -1.12. The summed E-state index contributed by atoms with van der Waals surface area (Å²) in [5.41, 5.74) is 5.37. The zero-order valence-electron chi connectivity index (χ0n) is 40.9. The van der Waals surface area contributed by atoms with Crippen molar-refractivity contribution in [3.63, 3.8) is 0 Å². The van der Waals surface area contributed by atoms with Crippen molar-refractivity contribution in [3.8, 4) is 26.6 Å². The van der Waals surface area contributed by atoms with Gasteiger partial charge in [-0.15, -0.1) is 22.7 Å². The number of thiazole rings is 2. The van der Waals surface area contributed by atoms with E-state index in [1.807, 2.05) is 70.2 Å². The van der Waals surface area contributed by atoms with Crippen LogP contribution in [0.3, 0.4) is 0 Å². The Hall–Kier alpha value is -6.09. The number of fused-ring (bicyclic) bond motifs is 1. The predicted molar refractivity (Wildman–Crippen MR) is 263 cm³/mol. The van der Waals surface area contributed by atoms with Crippen LogP contribution in [0.1, 0.15) is 100 Å². The van der Waals surface area contributed by atoms with Gasteiger partial charge in [-0.2, -0.15) is 0 Å². The van der Waals surface area contributed by atoms with Gasteiger partial charge in [-0.25, -0.2) is 14.4 Å². The minimum atomic E-state index is -2.76. The molecule has 3 aliphatic heterocycles. The van der Waals surface area contributed by atoms with E-state index in [4.69, 9.17) is 9.26 Å². The molecule has 0 spiro atoms. The molecule has 3 aromatic heterocycles. The number of benzene rings is 2. The summed E-state index contributed by atoms with van der Waals surface area (Å²) >= 11 is 2.93. The monoisotopic (exact) mass is 1010 g/mol. The number of amides is 5. The number of hydrogen-bond acceptors (Lipinski definition) is 14. The number of halogens is 1. The van der Waals surface area contributed by atoms with Crippen molar-refractivity contribution in [3.05, 3.63) is 93.5 Å². The van der Waals surface area contributed by atoms with Crippen LogP contribution in [0.15, 0.2) is 64.1 Å². The van der Waals surface area contributed by atoms with Crippen LogP contribution < -0.4 is 20.7 Å². The van der Waals surface area contributed by atoms with E-state index in [0.717, 1.165) is 42.6 Å². The number of likely N-dealkylation sites (tertiary alicyclic amines) is 2. The van der Waals surface area contributed by atoms with E-state index in [1.165, 1.54) is 29.2 Å². The second-order valence-corrected chi connectivity index (χ2v) is 21.7. The summed E-state index contributed by atoms with van der Waals surface area (Å²) in [6, 6.07) is 11.3. The lowest BCUT2D eigenvalue weighted by molar-refractivity contribution is -0.154. The molecule has 20 heteroatoms. The predicted octanol–water partition coefficient (Wildman–Crippen LogP) is 5.70. The highest BCUT2D eigenvalue weighted by atomic mass is 32.1. The molecule has 8 rings (SSSR count). The molecule has 5 amide bonds. The molecule has 17 nitrogen and oxygen atoms in total. The van der Waals surface area contributed by atoms with E-state index in [2.05, 4.69) is 31.1 Å². The molecule has 5 aromatic rings. The fraction of sp³-hybridized carbons (Fsp3) is 0.490. The molecule has 0 bridgehead atoms. The number of ether oxygens (including phenoxy) is 1. The first-order valence-corrected chi connectivity index (χ1v) is 25.6. The fourth-order valence-corrected chi connectivity index (χ4v) is 11.4. The lowest BCUT2D eigenvalue weighted by Gasteiger charge is -2.35. The number of nitrogens with zero attached hydrogens (tertiary/aromatic N) is 5. The number of aryl methyl sites for hydroxylation is 3. The van der Waals surface area contributed by atoms with E-state index < -0.39 is 77.0 Å². The lowest BCUT2D eigenvalue weighted by atomic mass is 9.82. The van der Waals surface area contributed by atoms with Gasteiger partial charge < -0.3 is 45.2 Å². The number of carbonyl (C=O) groups excluding carboxylic acids is 5. The SMILES string of the molecule is CC(=O)N[C@H](C(=O)N1C[C@H](O)C[C@H]1C(=O)N[C@H]1CCOc2cc(-c3scnc3CCC(C)[C@](F)(C(=O)N3C[C@H](O)C[C@H]3C(=O)NCc3ccc(-c4scnc4C)cc3)c3cc(C)no3)ccc21)C(C)(C)C. The molecular formula is C51H61FN8O9S2. The fourth-order valence-electron chi connectivity index (χ4n) is 9.76. The average Bonchev–Trinajstić information content (AvgIpc) is 4.20. The van der Waals surface area contributed by atoms with E-state index in [9.17, 15) is 34.2 Å². The Kier molecular flexibility index (Phi) is 15.1. The third kappa shape index (κ3) is 10.9. The Morgan fingerprint density at radius 3 is 2.20 bits per heavy atom. The van der Waals surface area contributed by atoms with Gasteiger partial charge in [0.15, 0.2) is 5.76 Å². The Morgan fingerprint density at radius 2 is 1.55 bits per heavy atom. The molecule has 2 saturated heterocycles. The van der Waals surface area contributed by atoms with Gasteiger partial charge in [-0.3, -0.25) is 24.0 Å². The lowest BCUT2D eigenvalue weighted by Crippen LogP contribution is -2.57. The highest BCUT2D eigenvalue weighted by molar-refractivity contribution is 7.13. The molecule has 6 heterocycles. The van der Waals surface area contributed by atoms with Crippen LogP contribution in [0.5, 0.6) is 5.75 Å². The Balaban J connectivity index is 0.943. The second kappa shape index (κ2) is 20.9. The van der Waals surface area contributed by atoms with Crippen molar-refractivity contribution >= 4 is 52.2 Å². The summed E-state index contributed by atoms with van der Waals surface area (Å²) in [5, 5.41) is 34.1. The van der Waals surface area contributed by atoms with Crippen molar-refractivity contribution in [2.45, 2.75) is 129 Å². The highest BCUT2D eigenvalue weighted by Crippen LogP contribution is 2.43. The van der Waals surface area contributed by atoms with E-state index in [1.54, 1.807) is 36.2 Å². The zero-order chi connectivity index (χ0) is 50.9. The number of alkyl halides is 1. The van der Waals surface area contributed by atoms with Gasteiger partial charge in [0.1, 0.15) is 23.9 Å². The van der Waals surface area contributed by atoms with Crippen molar-refractivity contribution in [1.82, 2.24) is 40.9 Å². The number of rotatable bonds is 15. The Labute approximate surface area is 419 Å². The molecular weight excluding hydrogens is 952 g/mol. The summed E-state index contributed by atoms with van der Waals surface area (Å²) in [4.78, 5) is 81.4. The average molecular weight is 1010 g/mol. The maximum absolute atomic E-state index is 18.0. The molecule has 0 radical (unpaired) electrons. The molecule has 5 N–H and O–H groups in total. The molecule has 1 unspecified atom stereocenters. The number of aliphatic hydroxyl groups excluding tert-OH is 2. The molecule has 0 saturated carbocycles. The van der Waals surface area contributed by atoms with E-state index in [-0.39, 0.29) is 57.0 Å².